The zero-order chi connectivity index (χ0) is 17.6. The highest BCUT2D eigenvalue weighted by atomic mass is 16.5. The molecular weight excluding hydrogens is 318 g/mol. The molecular formula is C18H19N5O2. The smallest absolute Gasteiger partial charge is 0.253 e. The van der Waals surface area contributed by atoms with Crippen LogP contribution in [-0.2, 0) is 0 Å². The van der Waals surface area contributed by atoms with Gasteiger partial charge in [0.1, 0.15) is 0 Å². The van der Waals surface area contributed by atoms with E-state index in [0.29, 0.717) is 30.4 Å². The van der Waals surface area contributed by atoms with Gasteiger partial charge in [0.2, 0.25) is 5.89 Å². The molecule has 1 saturated heterocycles. The fraction of sp³-hybridized carbons (Fsp3) is 0.389. The van der Waals surface area contributed by atoms with Crippen molar-refractivity contribution in [1.29, 1.82) is 0 Å². The number of carbonyl (C=O) groups excluding carboxylic acids is 1. The molecule has 0 spiro atoms. The van der Waals surface area contributed by atoms with Crippen LogP contribution in [0.4, 0.5) is 0 Å². The molecule has 1 amide bonds. The first-order valence-electron chi connectivity index (χ1n) is 8.36. The van der Waals surface area contributed by atoms with Gasteiger partial charge < -0.3 is 9.42 Å². The van der Waals surface area contributed by atoms with E-state index < -0.39 is 0 Å². The maximum absolute atomic E-state index is 12.8. The molecule has 3 aromatic rings. The molecule has 3 heterocycles. The molecule has 1 aromatic carbocycles. The van der Waals surface area contributed by atoms with Crippen molar-refractivity contribution in [3.8, 4) is 0 Å². The van der Waals surface area contributed by atoms with Crippen LogP contribution in [0.2, 0.25) is 0 Å². The fourth-order valence-corrected chi connectivity index (χ4v) is 3.17. The van der Waals surface area contributed by atoms with Gasteiger partial charge in [-0.05, 0) is 45.4 Å². The summed E-state index contributed by atoms with van der Waals surface area (Å²) in [7, 11) is 0. The summed E-state index contributed by atoms with van der Waals surface area (Å²) in [5.74, 6) is 1.35. The Hall–Kier alpha value is -2.83. The van der Waals surface area contributed by atoms with Crippen molar-refractivity contribution in [2.24, 2.45) is 0 Å². The zero-order valence-electron chi connectivity index (χ0n) is 14.5. The van der Waals surface area contributed by atoms with E-state index in [0.717, 1.165) is 28.8 Å². The number of amides is 1. The molecule has 0 N–H and O–H groups in total. The number of rotatable bonds is 2. The van der Waals surface area contributed by atoms with E-state index >= 15 is 0 Å². The molecule has 1 aliphatic rings. The quantitative estimate of drug-likeness (QED) is 0.714. The second-order valence-corrected chi connectivity index (χ2v) is 6.51. The molecule has 7 nitrogen and oxygen atoms in total. The van der Waals surface area contributed by atoms with Gasteiger partial charge in [0.05, 0.1) is 28.3 Å². The van der Waals surface area contributed by atoms with Gasteiger partial charge in [0.15, 0.2) is 5.82 Å². The number of fused-ring (bicyclic) bond motifs is 1. The molecule has 0 unspecified atom stereocenters. The van der Waals surface area contributed by atoms with Crippen LogP contribution in [0.1, 0.15) is 45.8 Å². The standard InChI is InChI=1S/C18H19N5O2/c1-10-11(2)20-16-8-13(4-5-15(16)19-10)18(24)23-7-6-14(9-23)17-21-12(3)22-25-17/h4-5,8,14H,6-7,9H2,1-3H3/t14-/m0/s1. The minimum Gasteiger partial charge on any atom is -0.339 e. The van der Waals surface area contributed by atoms with Crippen molar-refractivity contribution in [2.75, 3.05) is 13.1 Å². The molecule has 1 atom stereocenters. The predicted molar refractivity (Wildman–Crippen MR) is 91.3 cm³/mol. The van der Waals surface area contributed by atoms with Crippen LogP contribution in [0.25, 0.3) is 11.0 Å². The number of benzene rings is 1. The highest BCUT2D eigenvalue weighted by Gasteiger charge is 2.31. The maximum atomic E-state index is 12.8. The van der Waals surface area contributed by atoms with Crippen LogP contribution in [-0.4, -0.2) is 44.0 Å². The molecule has 0 aliphatic carbocycles. The van der Waals surface area contributed by atoms with Crippen LogP contribution >= 0.6 is 0 Å². The molecule has 128 valence electrons. The summed E-state index contributed by atoms with van der Waals surface area (Å²) in [6.45, 7) is 6.93. The first kappa shape index (κ1) is 15.7. The molecule has 1 fully saturated rings. The third-order valence-corrected chi connectivity index (χ3v) is 4.69. The second kappa shape index (κ2) is 5.91. The number of aryl methyl sites for hydroxylation is 3. The summed E-state index contributed by atoms with van der Waals surface area (Å²) < 4.78 is 5.25. The van der Waals surface area contributed by atoms with Gasteiger partial charge in [0, 0.05) is 18.7 Å². The molecule has 0 radical (unpaired) electrons. The van der Waals surface area contributed by atoms with E-state index in [1.807, 2.05) is 36.9 Å². The molecule has 1 aliphatic heterocycles. The predicted octanol–water partition coefficient (Wildman–Crippen LogP) is 2.57. The van der Waals surface area contributed by atoms with E-state index in [1.54, 1.807) is 6.92 Å². The lowest BCUT2D eigenvalue weighted by molar-refractivity contribution is 0.0789. The minimum atomic E-state index is 0.000616. The number of aromatic nitrogens is 4. The average molecular weight is 337 g/mol. The zero-order valence-corrected chi connectivity index (χ0v) is 14.5. The first-order valence-corrected chi connectivity index (χ1v) is 8.36. The summed E-state index contributed by atoms with van der Waals surface area (Å²) in [5.41, 5.74) is 3.97. The van der Waals surface area contributed by atoms with Crippen LogP contribution in [0, 0.1) is 20.8 Å². The summed E-state index contributed by atoms with van der Waals surface area (Å²) in [5, 5.41) is 3.83. The van der Waals surface area contributed by atoms with E-state index in [-0.39, 0.29) is 11.8 Å². The van der Waals surface area contributed by atoms with Crippen molar-refractivity contribution in [3.05, 3.63) is 46.9 Å². The Labute approximate surface area is 145 Å². The van der Waals surface area contributed by atoms with Crippen LogP contribution in [0.3, 0.4) is 0 Å². The van der Waals surface area contributed by atoms with E-state index in [2.05, 4.69) is 20.1 Å². The summed E-state index contributed by atoms with van der Waals surface area (Å²) in [6.07, 6.45) is 0.832. The highest BCUT2D eigenvalue weighted by molar-refractivity contribution is 5.97. The lowest BCUT2D eigenvalue weighted by Crippen LogP contribution is -2.28. The topological polar surface area (TPSA) is 85.0 Å². The van der Waals surface area contributed by atoms with E-state index in [9.17, 15) is 4.79 Å². The largest absolute Gasteiger partial charge is 0.339 e. The Balaban J connectivity index is 1.56. The summed E-state index contributed by atoms with van der Waals surface area (Å²) in [4.78, 5) is 28.0. The van der Waals surface area contributed by atoms with Gasteiger partial charge in [-0.15, -0.1) is 0 Å². The third-order valence-electron chi connectivity index (χ3n) is 4.69. The Kier molecular flexibility index (Phi) is 3.71. The monoisotopic (exact) mass is 337 g/mol. The minimum absolute atomic E-state index is 0.000616. The Morgan fingerprint density at radius 2 is 1.88 bits per heavy atom. The van der Waals surface area contributed by atoms with Crippen LogP contribution < -0.4 is 0 Å². The van der Waals surface area contributed by atoms with Gasteiger partial charge in [-0.3, -0.25) is 4.79 Å². The second-order valence-electron chi connectivity index (χ2n) is 6.51. The SMILES string of the molecule is Cc1noc([C@H]2CCN(C(=O)c3ccc4nc(C)c(C)nc4c3)C2)n1. The molecule has 2 aromatic heterocycles. The lowest BCUT2D eigenvalue weighted by atomic mass is 10.1. The van der Waals surface area contributed by atoms with Crippen molar-refractivity contribution >= 4 is 16.9 Å². The Morgan fingerprint density at radius 3 is 2.60 bits per heavy atom. The fourth-order valence-electron chi connectivity index (χ4n) is 3.17. The van der Waals surface area contributed by atoms with Gasteiger partial charge in [0.25, 0.3) is 5.91 Å². The first-order chi connectivity index (χ1) is 12.0. The van der Waals surface area contributed by atoms with Crippen molar-refractivity contribution in [3.63, 3.8) is 0 Å². The Morgan fingerprint density at radius 1 is 1.12 bits per heavy atom. The number of carbonyl (C=O) groups is 1. The molecule has 0 bridgehead atoms. The normalized spacial score (nSPS) is 17.4. The molecule has 4 rings (SSSR count). The van der Waals surface area contributed by atoms with Crippen molar-refractivity contribution in [2.45, 2.75) is 33.1 Å². The van der Waals surface area contributed by atoms with E-state index in [1.165, 1.54) is 0 Å². The lowest BCUT2D eigenvalue weighted by Gasteiger charge is -2.16. The van der Waals surface area contributed by atoms with Crippen LogP contribution in [0.5, 0.6) is 0 Å². The van der Waals surface area contributed by atoms with Crippen LogP contribution in [0.15, 0.2) is 22.7 Å². The summed E-state index contributed by atoms with van der Waals surface area (Å²) >= 11 is 0. The third kappa shape index (κ3) is 2.86. The van der Waals surface area contributed by atoms with Gasteiger partial charge in [-0.25, -0.2) is 9.97 Å². The maximum Gasteiger partial charge on any atom is 0.253 e. The molecule has 25 heavy (non-hydrogen) atoms. The van der Waals surface area contributed by atoms with Crippen molar-refractivity contribution in [1.82, 2.24) is 25.0 Å². The number of nitrogens with zero attached hydrogens (tertiary/aromatic N) is 5. The number of hydrogen-bond donors (Lipinski definition) is 0. The average Bonchev–Trinajstić information content (AvgIpc) is 3.24. The van der Waals surface area contributed by atoms with Gasteiger partial charge >= 0.3 is 0 Å². The summed E-state index contributed by atoms with van der Waals surface area (Å²) in [6, 6.07) is 5.50. The number of likely N-dealkylation sites (tertiary alicyclic amines) is 1. The van der Waals surface area contributed by atoms with Gasteiger partial charge in [-0.1, -0.05) is 5.16 Å². The highest BCUT2D eigenvalue weighted by Crippen LogP contribution is 2.27. The number of hydrogen-bond acceptors (Lipinski definition) is 6. The van der Waals surface area contributed by atoms with Crippen molar-refractivity contribution < 1.29 is 9.32 Å². The van der Waals surface area contributed by atoms with E-state index in [4.69, 9.17) is 4.52 Å². The Bertz CT molecular complexity index is 965. The molecule has 0 saturated carbocycles. The molecule has 7 heteroatoms. The van der Waals surface area contributed by atoms with Gasteiger partial charge in [-0.2, -0.15) is 4.98 Å².